The number of amides is 2. The Morgan fingerprint density at radius 1 is 1.19 bits per heavy atom. The van der Waals surface area contributed by atoms with Crippen molar-refractivity contribution in [3.05, 3.63) is 24.3 Å². The second-order valence-corrected chi connectivity index (χ2v) is 5.43. The predicted molar refractivity (Wildman–Crippen MR) is 80.7 cm³/mol. The number of benzene rings is 1. The number of nitrogens with two attached hydrogens (primary N) is 1. The number of rotatable bonds is 6. The van der Waals surface area contributed by atoms with Crippen LogP contribution in [0.25, 0.3) is 0 Å². The molecule has 1 fully saturated rings. The second-order valence-electron chi connectivity index (χ2n) is 5.43. The third-order valence-electron chi connectivity index (χ3n) is 4.31. The molecule has 1 aromatic rings. The molecule has 1 aromatic carbocycles. The number of nitrogen functional groups attached to an aromatic ring is 1. The number of imide groups is 1. The number of carbonyl (C=O) groups excluding carboxylic acids is 2. The van der Waals surface area contributed by atoms with Gasteiger partial charge in [0, 0.05) is 12.1 Å². The van der Waals surface area contributed by atoms with E-state index < -0.39 is 5.41 Å². The van der Waals surface area contributed by atoms with E-state index in [1.54, 1.807) is 24.3 Å². The molecule has 0 unspecified atom stereocenters. The zero-order chi connectivity index (χ0) is 15.5. The lowest BCUT2D eigenvalue weighted by Crippen LogP contribution is -2.37. The molecule has 0 aliphatic carbocycles. The van der Waals surface area contributed by atoms with E-state index in [0.29, 0.717) is 43.9 Å². The zero-order valence-electron chi connectivity index (χ0n) is 12.6. The van der Waals surface area contributed by atoms with E-state index >= 15 is 0 Å². The fourth-order valence-corrected chi connectivity index (χ4v) is 2.71. The van der Waals surface area contributed by atoms with Crippen LogP contribution in [0.4, 0.5) is 5.69 Å². The first kappa shape index (κ1) is 15.4. The van der Waals surface area contributed by atoms with E-state index in [1.165, 1.54) is 4.90 Å². The van der Waals surface area contributed by atoms with E-state index in [-0.39, 0.29) is 11.8 Å². The lowest BCUT2D eigenvalue weighted by atomic mass is 9.81. The van der Waals surface area contributed by atoms with Gasteiger partial charge in [-0.2, -0.15) is 0 Å². The highest BCUT2D eigenvalue weighted by atomic mass is 16.5. The number of carbonyl (C=O) groups is 2. The number of hydrogen-bond donors (Lipinski definition) is 1. The van der Waals surface area contributed by atoms with Gasteiger partial charge in [-0.05, 0) is 37.1 Å². The van der Waals surface area contributed by atoms with Crippen molar-refractivity contribution in [1.29, 1.82) is 0 Å². The van der Waals surface area contributed by atoms with Gasteiger partial charge in [-0.25, -0.2) is 0 Å². The predicted octanol–water partition coefficient (Wildman–Crippen LogP) is 2.21. The molecule has 2 N–H and O–H groups in total. The van der Waals surface area contributed by atoms with Crippen LogP contribution in [0.1, 0.15) is 33.1 Å². The quantitative estimate of drug-likeness (QED) is 0.644. The molecule has 21 heavy (non-hydrogen) atoms. The first-order valence-corrected chi connectivity index (χ1v) is 7.35. The number of anilines is 1. The van der Waals surface area contributed by atoms with Gasteiger partial charge in [-0.1, -0.05) is 13.8 Å². The minimum Gasteiger partial charge on any atom is -0.492 e. The fraction of sp³-hybridized carbons (Fsp3) is 0.500. The Bertz CT molecular complexity index is 521. The van der Waals surface area contributed by atoms with Gasteiger partial charge in [0.25, 0.3) is 0 Å². The van der Waals surface area contributed by atoms with Crippen molar-refractivity contribution in [1.82, 2.24) is 4.90 Å². The molecule has 1 saturated heterocycles. The van der Waals surface area contributed by atoms with Crippen LogP contribution in [-0.4, -0.2) is 29.9 Å². The van der Waals surface area contributed by atoms with Crippen molar-refractivity contribution in [3.63, 3.8) is 0 Å². The summed E-state index contributed by atoms with van der Waals surface area (Å²) in [5.41, 5.74) is 5.77. The molecule has 0 radical (unpaired) electrons. The molecule has 0 aromatic heterocycles. The summed E-state index contributed by atoms with van der Waals surface area (Å²) in [5.74, 6) is 0.531. The Labute approximate surface area is 125 Å². The molecule has 114 valence electrons. The monoisotopic (exact) mass is 290 g/mol. The van der Waals surface area contributed by atoms with E-state index in [9.17, 15) is 9.59 Å². The molecule has 2 rings (SSSR count). The molecule has 1 aliphatic rings. The third-order valence-corrected chi connectivity index (χ3v) is 4.31. The normalized spacial score (nSPS) is 17.3. The summed E-state index contributed by atoms with van der Waals surface area (Å²) >= 11 is 0. The van der Waals surface area contributed by atoms with Crippen LogP contribution in [0.5, 0.6) is 5.75 Å². The zero-order valence-corrected chi connectivity index (χ0v) is 12.6. The average Bonchev–Trinajstić information content (AvgIpc) is 2.73. The molecular weight excluding hydrogens is 268 g/mol. The third kappa shape index (κ3) is 3.01. The molecule has 0 bridgehead atoms. The molecule has 1 aliphatic heterocycles. The van der Waals surface area contributed by atoms with Gasteiger partial charge in [0.1, 0.15) is 12.4 Å². The van der Waals surface area contributed by atoms with E-state index in [4.69, 9.17) is 10.5 Å². The Hall–Kier alpha value is -2.04. The van der Waals surface area contributed by atoms with Crippen LogP contribution >= 0.6 is 0 Å². The van der Waals surface area contributed by atoms with Gasteiger partial charge in [0.15, 0.2) is 0 Å². The first-order chi connectivity index (χ1) is 10.0. The summed E-state index contributed by atoms with van der Waals surface area (Å²) in [6.07, 6.45) is 1.72. The van der Waals surface area contributed by atoms with E-state index in [2.05, 4.69) is 0 Å². The van der Waals surface area contributed by atoms with Gasteiger partial charge >= 0.3 is 0 Å². The van der Waals surface area contributed by atoms with Crippen LogP contribution in [0.2, 0.25) is 0 Å². The lowest BCUT2D eigenvalue weighted by Gasteiger charge is -2.23. The molecule has 0 saturated carbocycles. The molecule has 5 heteroatoms. The van der Waals surface area contributed by atoms with Crippen LogP contribution in [0.15, 0.2) is 24.3 Å². The first-order valence-electron chi connectivity index (χ1n) is 7.35. The molecule has 1 heterocycles. The van der Waals surface area contributed by atoms with Crippen molar-refractivity contribution < 1.29 is 14.3 Å². The SMILES string of the molecule is CCC1(CC)CC(=O)N(CCOc2ccc(N)cc2)C1=O. The summed E-state index contributed by atoms with van der Waals surface area (Å²) in [4.78, 5) is 25.8. The number of likely N-dealkylation sites (tertiary alicyclic amines) is 1. The topological polar surface area (TPSA) is 72.6 Å². The Kier molecular flexibility index (Phi) is 4.50. The Balaban J connectivity index is 1.93. The average molecular weight is 290 g/mol. The highest BCUT2D eigenvalue weighted by molar-refractivity contribution is 6.05. The standard InChI is InChI=1S/C16H22N2O3/c1-3-16(4-2)11-14(19)18(15(16)20)9-10-21-13-7-5-12(17)6-8-13/h5-8H,3-4,9-11,17H2,1-2H3. The van der Waals surface area contributed by atoms with Gasteiger partial charge in [0.2, 0.25) is 11.8 Å². The number of ether oxygens (including phenoxy) is 1. The molecule has 2 amide bonds. The minimum absolute atomic E-state index is 0.0570. The largest absolute Gasteiger partial charge is 0.492 e. The van der Waals surface area contributed by atoms with Crippen molar-refractivity contribution in [2.24, 2.45) is 5.41 Å². The maximum atomic E-state index is 12.4. The van der Waals surface area contributed by atoms with E-state index in [1.807, 2.05) is 13.8 Å². The Morgan fingerprint density at radius 3 is 2.33 bits per heavy atom. The van der Waals surface area contributed by atoms with Gasteiger partial charge < -0.3 is 10.5 Å². The summed E-state index contributed by atoms with van der Waals surface area (Å²) in [7, 11) is 0. The molecule has 5 nitrogen and oxygen atoms in total. The molecule has 0 spiro atoms. The maximum Gasteiger partial charge on any atom is 0.236 e. The van der Waals surface area contributed by atoms with Gasteiger partial charge in [-0.3, -0.25) is 14.5 Å². The highest BCUT2D eigenvalue weighted by Crippen LogP contribution is 2.38. The second kappa shape index (κ2) is 6.16. The lowest BCUT2D eigenvalue weighted by molar-refractivity contribution is -0.142. The maximum absolute atomic E-state index is 12.4. The molecule has 0 atom stereocenters. The van der Waals surface area contributed by atoms with Gasteiger partial charge in [-0.15, -0.1) is 0 Å². The Morgan fingerprint density at radius 2 is 1.81 bits per heavy atom. The van der Waals surface area contributed by atoms with Crippen LogP contribution in [0.3, 0.4) is 0 Å². The summed E-state index contributed by atoms with van der Waals surface area (Å²) in [5, 5.41) is 0. The van der Waals surface area contributed by atoms with Crippen LogP contribution < -0.4 is 10.5 Å². The summed E-state index contributed by atoms with van der Waals surface area (Å²) in [6.45, 7) is 4.51. The molecular formula is C16H22N2O3. The highest BCUT2D eigenvalue weighted by Gasteiger charge is 2.48. The van der Waals surface area contributed by atoms with E-state index in [0.717, 1.165) is 0 Å². The van der Waals surface area contributed by atoms with Crippen LogP contribution in [-0.2, 0) is 9.59 Å². The number of hydrogen-bond acceptors (Lipinski definition) is 4. The number of nitrogens with zero attached hydrogens (tertiary/aromatic N) is 1. The van der Waals surface area contributed by atoms with Crippen molar-refractivity contribution in [2.45, 2.75) is 33.1 Å². The minimum atomic E-state index is -0.502. The van der Waals surface area contributed by atoms with Gasteiger partial charge in [0.05, 0.1) is 12.0 Å². The van der Waals surface area contributed by atoms with Crippen LogP contribution in [0, 0.1) is 5.41 Å². The van der Waals surface area contributed by atoms with Crippen molar-refractivity contribution in [3.8, 4) is 5.75 Å². The summed E-state index contributed by atoms with van der Waals surface area (Å²) < 4.78 is 5.55. The summed E-state index contributed by atoms with van der Waals surface area (Å²) in [6, 6.07) is 7.04. The smallest absolute Gasteiger partial charge is 0.236 e. The van der Waals surface area contributed by atoms with Crippen molar-refractivity contribution in [2.75, 3.05) is 18.9 Å². The fourth-order valence-electron chi connectivity index (χ4n) is 2.71. The van der Waals surface area contributed by atoms with Crippen molar-refractivity contribution >= 4 is 17.5 Å².